The van der Waals surface area contributed by atoms with E-state index in [0.717, 1.165) is 16.3 Å². The highest BCUT2D eigenvalue weighted by atomic mass is 27.0. The summed E-state index contributed by atoms with van der Waals surface area (Å²) in [6, 6.07) is 0. The highest BCUT2D eigenvalue weighted by molar-refractivity contribution is 6.10. The minimum Gasteiger partial charge on any atom is -0.409 e. The molecule has 0 amide bonds. The molecule has 0 aliphatic carbocycles. The summed E-state index contributed by atoms with van der Waals surface area (Å²) in [6.45, 7) is 1.78. The van der Waals surface area contributed by atoms with Crippen molar-refractivity contribution in [1.82, 2.24) is 0 Å². The van der Waals surface area contributed by atoms with Crippen LogP contribution < -0.4 is 0 Å². The molecule has 1 unspecified atom stereocenters. The molecule has 0 aromatic heterocycles. The Morgan fingerprint density at radius 1 is 1.80 bits per heavy atom. The van der Waals surface area contributed by atoms with Gasteiger partial charge in [0.1, 0.15) is 0 Å². The summed E-state index contributed by atoms with van der Waals surface area (Å²) >= 11 is 0.904. The van der Waals surface area contributed by atoms with Crippen molar-refractivity contribution in [2.45, 2.75) is 11.9 Å². The van der Waals surface area contributed by atoms with Crippen LogP contribution in [0.25, 0.3) is 0 Å². The molecule has 5 heavy (non-hydrogen) atoms. The van der Waals surface area contributed by atoms with E-state index >= 15 is 0 Å². The number of rotatable bonds is 0. The van der Waals surface area contributed by atoms with Gasteiger partial charge in [-0.3, -0.25) is 0 Å². The summed E-state index contributed by atoms with van der Waals surface area (Å²) in [5.41, 5.74) is 0. The molecule has 3 heteroatoms. The molecule has 0 heterocycles. The molecule has 1 N–H and O–H groups in total. The zero-order chi connectivity index (χ0) is 3.58. The Kier molecular flexibility index (Phi) is 10.0. The average Bonchev–Trinajstić information content (AvgIpc) is 0.811. The van der Waals surface area contributed by atoms with Gasteiger partial charge in [0, 0.05) is 0 Å². The summed E-state index contributed by atoms with van der Waals surface area (Å²) < 4.78 is 0. The standard InChI is InChI=1S/C2H5O.Al.Mg.4H/c1-2-3;;;;;;/h2-3H,1H3;;;;;;. The largest absolute Gasteiger partial charge is 0.409 e. The number of hydrogen-bond acceptors (Lipinski definition) is 1. The molecule has 0 radical (unpaired) electrons. The fourth-order valence-corrected chi connectivity index (χ4v) is 0. The second-order valence-corrected chi connectivity index (χ2v) is 2.76. The van der Waals surface area contributed by atoms with Gasteiger partial charge < -0.3 is 5.11 Å². The summed E-state index contributed by atoms with van der Waals surface area (Å²) in [5.74, 6) is 0. The maximum absolute atomic E-state index is 8.12. The van der Waals surface area contributed by atoms with Crippen molar-refractivity contribution in [1.29, 1.82) is 0 Å². The smallest absolute Gasteiger partial charge is 0.316 e. The Bertz CT molecular complexity index is 14.4. The molecular formula is C2H9AlMgO. The molecule has 1 nitrogen and oxygen atoms in total. The fraction of sp³-hybridized carbons (Fsp3) is 1.00. The summed E-state index contributed by atoms with van der Waals surface area (Å²) in [5, 5.41) is 8.12. The molecule has 0 aliphatic rings. The lowest BCUT2D eigenvalue weighted by atomic mass is 10.9. The third kappa shape index (κ3) is 35.2. The van der Waals surface area contributed by atoms with E-state index in [9.17, 15) is 0 Å². The van der Waals surface area contributed by atoms with E-state index in [0.29, 0.717) is 0 Å². The van der Waals surface area contributed by atoms with Gasteiger partial charge in [0.25, 0.3) is 16.3 Å². The molecule has 28 valence electrons. The molecule has 0 spiro atoms. The highest BCUT2D eigenvalue weighted by Gasteiger charge is 1.72. The first kappa shape index (κ1) is 9.54. The van der Waals surface area contributed by atoms with Crippen LogP contribution in [0, 0.1) is 0 Å². The summed E-state index contributed by atoms with van der Waals surface area (Å²) in [6.07, 6.45) is 0. The van der Waals surface area contributed by atoms with Crippen LogP contribution in [0.1, 0.15) is 6.92 Å². The van der Waals surface area contributed by atoms with Crippen molar-refractivity contribution < 1.29 is 5.11 Å². The molecule has 1 atom stereocenters. The molecule has 0 saturated carbocycles. The van der Waals surface area contributed by atoms with Crippen LogP contribution in [0.5, 0.6) is 0 Å². The van der Waals surface area contributed by atoms with Crippen molar-refractivity contribution in [3.63, 3.8) is 0 Å². The van der Waals surface area contributed by atoms with Crippen molar-refractivity contribution in [2.24, 2.45) is 0 Å². The van der Waals surface area contributed by atoms with E-state index in [2.05, 4.69) is 0 Å². The lowest BCUT2D eigenvalue weighted by molar-refractivity contribution is 0.276. The molecule has 0 saturated heterocycles. The van der Waals surface area contributed by atoms with Crippen molar-refractivity contribution in [3.05, 3.63) is 0 Å². The Hall–Kier alpha value is 1.26. The minimum absolute atomic E-state index is 0. The van der Waals surface area contributed by atoms with E-state index in [1.807, 2.05) is 0 Å². The first-order chi connectivity index (χ1) is 1.73. The van der Waals surface area contributed by atoms with Gasteiger partial charge in [0.05, 0.1) is 0 Å². The number of hydrogen-bond donors (Lipinski definition) is 1. The van der Waals surface area contributed by atoms with Crippen LogP contribution in [-0.2, 0) is 0 Å². The third-order valence-corrected chi connectivity index (χ3v) is 0. The SMILES string of the molecule is C[CH](O)[AlH2].[MgH2]. The molecule has 0 aromatic carbocycles. The van der Waals surface area contributed by atoms with Crippen molar-refractivity contribution in [2.75, 3.05) is 0 Å². The van der Waals surface area contributed by atoms with E-state index in [1.165, 1.54) is 0 Å². The quantitative estimate of drug-likeness (QED) is 0.351. The van der Waals surface area contributed by atoms with E-state index in [1.54, 1.807) is 6.92 Å². The van der Waals surface area contributed by atoms with Gasteiger partial charge in [-0.2, -0.15) is 0 Å². The van der Waals surface area contributed by atoms with Crippen LogP contribution in [-0.4, -0.2) is 49.4 Å². The van der Waals surface area contributed by atoms with E-state index in [4.69, 9.17) is 5.11 Å². The predicted molar refractivity (Wildman–Crippen MR) is 28.8 cm³/mol. The molecule has 0 aliphatic heterocycles. The Morgan fingerprint density at radius 2 is 1.80 bits per heavy atom. The van der Waals surface area contributed by atoms with E-state index in [-0.39, 0.29) is 28.0 Å². The zero-order valence-corrected chi connectivity index (χ0v) is 5.02. The second-order valence-electron chi connectivity index (χ2n) is 1.09. The first-order valence-corrected chi connectivity index (χ1v) is 2.57. The van der Waals surface area contributed by atoms with Gasteiger partial charge in [-0.05, 0) is 4.97 Å². The van der Waals surface area contributed by atoms with Gasteiger partial charge in [-0.1, -0.05) is 6.92 Å². The fourth-order valence-electron chi connectivity index (χ4n) is 0. The van der Waals surface area contributed by atoms with Crippen LogP contribution in [0.3, 0.4) is 0 Å². The van der Waals surface area contributed by atoms with Crippen LogP contribution in [0.2, 0.25) is 0 Å². The van der Waals surface area contributed by atoms with Gasteiger partial charge in [-0.15, -0.1) is 0 Å². The number of aliphatic hydroxyl groups is 1. The van der Waals surface area contributed by atoms with E-state index < -0.39 is 0 Å². The van der Waals surface area contributed by atoms with Crippen LogP contribution in [0.15, 0.2) is 0 Å². The van der Waals surface area contributed by atoms with Crippen molar-refractivity contribution >= 4 is 39.3 Å². The highest BCUT2D eigenvalue weighted by Crippen LogP contribution is 1.56. The minimum atomic E-state index is -0.0278. The maximum atomic E-state index is 8.12. The van der Waals surface area contributed by atoms with Gasteiger partial charge in [0.2, 0.25) is 0 Å². The summed E-state index contributed by atoms with van der Waals surface area (Å²) in [4.78, 5) is -0.0278. The first-order valence-electron chi connectivity index (χ1n) is 1.41. The maximum Gasteiger partial charge on any atom is 0.316 e. The van der Waals surface area contributed by atoms with Gasteiger partial charge >= 0.3 is 23.1 Å². The van der Waals surface area contributed by atoms with Crippen LogP contribution in [0.4, 0.5) is 0 Å². The molecule has 0 rings (SSSR count). The average molecular weight is 100 g/mol. The third-order valence-electron chi connectivity index (χ3n) is 0. The molecule has 0 fully saturated rings. The lowest BCUT2D eigenvalue weighted by Crippen LogP contribution is -1.94. The topological polar surface area (TPSA) is 20.2 Å². The zero-order valence-electron chi connectivity index (χ0n) is 3.02. The summed E-state index contributed by atoms with van der Waals surface area (Å²) in [7, 11) is 0. The second kappa shape index (κ2) is 5.26. The van der Waals surface area contributed by atoms with Gasteiger partial charge in [-0.25, -0.2) is 0 Å². The molecule has 0 bridgehead atoms. The van der Waals surface area contributed by atoms with Gasteiger partial charge in [0.15, 0.2) is 0 Å². The van der Waals surface area contributed by atoms with Crippen LogP contribution >= 0.6 is 0 Å². The molecular weight excluding hydrogens is 91.3 g/mol. The Morgan fingerprint density at radius 3 is 1.80 bits per heavy atom. The predicted octanol–water partition coefficient (Wildman–Crippen LogP) is -1.96. The molecule has 0 aromatic rings. The Balaban J connectivity index is 0. The Labute approximate surface area is 56.3 Å². The monoisotopic (exact) mass is 100 g/mol. The lowest BCUT2D eigenvalue weighted by Gasteiger charge is -1.79. The normalized spacial score (nSPS) is 12.4. The number of aliphatic hydroxyl groups excluding tert-OH is 1. The van der Waals surface area contributed by atoms with Crippen molar-refractivity contribution in [3.8, 4) is 0 Å².